The van der Waals surface area contributed by atoms with Gasteiger partial charge in [-0.2, -0.15) is 0 Å². The highest BCUT2D eigenvalue weighted by molar-refractivity contribution is 5.71. The van der Waals surface area contributed by atoms with Gasteiger partial charge >= 0.3 is 11.9 Å². The molecule has 7 nitrogen and oxygen atoms in total. The third kappa shape index (κ3) is 4.13. The molecule has 0 aromatic heterocycles. The number of ether oxygens (including phenoxy) is 4. The Morgan fingerprint density at radius 2 is 1.81 bits per heavy atom. The van der Waals surface area contributed by atoms with E-state index in [0.717, 1.165) is 5.56 Å². The summed E-state index contributed by atoms with van der Waals surface area (Å²) < 4.78 is 21.5. The van der Waals surface area contributed by atoms with Crippen molar-refractivity contribution < 1.29 is 33.6 Å². The van der Waals surface area contributed by atoms with Crippen LogP contribution in [0.25, 0.3) is 0 Å². The van der Waals surface area contributed by atoms with Crippen molar-refractivity contribution in [3.05, 3.63) is 41.5 Å². The predicted octanol–water partition coefficient (Wildman–Crippen LogP) is 3.32. The number of carbonyl (C=O) groups excluding carboxylic acids is 2. The van der Waals surface area contributed by atoms with E-state index in [1.54, 1.807) is 18.2 Å². The fraction of sp³-hybridized carbons (Fsp3) is 0.300. The van der Waals surface area contributed by atoms with E-state index in [2.05, 4.69) is 0 Å². The van der Waals surface area contributed by atoms with Crippen LogP contribution in [0.15, 0.2) is 30.3 Å². The molecule has 1 N–H and O–H groups in total. The summed E-state index contributed by atoms with van der Waals surface area (Å²) in [7, 11) is 1.49. The number of phenolic OH excluding ortho intramolecular Hbond substituents is 1. The molecular weight excluding hydrogens is 352 g/mol. The summed E-state index contributed by atoms with van der Waals surface area (Å²) in [4.78, 5) is 22.5. The van der Waals surface area contributed by atoms with E-state index in [1.165, 1.54) is 27.0 Å². The van der Waals surface area contributed by atoms with E-state index < -0.39 is 11.9 Å². The molecule has 0 fully saturated rings. The highest BCUT2D eigenvalue weighted by Crippen LogP contribution is 2.43. The summed E-state index contributed by atoms with van der Waals surface area (Å²) >= 11 is 0. The highest BCUT2D eigenvalue weighted by Gasteiger charge is 2.26. The molecule has 0 saturated heterocycles. The molecule has 1 aliphatic heterocycles. The van der Waals surface area contributed by atoms with Gasteiger partial charge in [0, 0.05) is 31.5 Å². The molecule has 0 saturated carbocycles. The summed E-state index contributed by atoms with van der Waals surface area (Å²) in [6, 6.07) is 8.22. The predicted molar refractivity (Wildman–Crippen MR) is 95.4 cm³/mol. The van der Waals surface area contributed by atoms with Crippen LogP contribution in [-0.2, 0) is 16.0 Å². The van der Waals surface area contributed by atoms with Gasteiger partial charge in [0.05, 0.1) is 7.11 Å². The minimum atomic E-state index is -0.483. The Balaban J connectivity index is 1.90. The SMILES string of the molecule is COc1ccc(C2CCc3c(O)cc(OC(C)=O)cc3O2)cc1OC(C)=O. The van der Waals surface area contributed by atoms with Crippen LogP contribution < -0.4 is 18.9 Å². The highest BCUT2D eigenvalue weighted by atomic mass is 16.6. The lowest BCUT2D eigenvalue weighted by Gasteiger charge is -2.27. The van der Waals surface area contributed by atoms with Gasteiger partial charge in [-0.15, -0.1) is 0 Å². The van der Waals surface area contributed by atoms with E-state index in [9.17, 15) is 14.7 Å². The Bertz CT molecular complexity index is 888. The first-order valence-corrected chi connectivity index (χ1v) is 8.44. The number of rotatable bonds is 4. The third-order valence-electron chi connectivity index (χ3n) is 4.16. The van der Waals surface area contributed by atoms with Crippen molar-refractivity contribution in [1.82, 2.24) is 0 Å². The normalized spacial score (nSPS) is 15.3. The zero-order chi connectivity index (χ0) is 19.6. The average molecular weight is 372 g/mol. The number of hydrogen-bond acceptors (Lipinski definition) is 7. The Labute approximate surface area is 156 Å². The molecule has 27 heavy (non-hydrogen) atoms. The van der Waals surface area contributed by atoms with Gasteiger partial charge in [0.15, 0.2) is 11.5 Å². The molecule has 7 heteroatoms. The lowest BCUT2D eigenvalue weighted by Crippen LogP contribution is -2.16. The van der Waals surface area contributed by atoms with Crippen LogP contribution in [-0.4, -0.2) is 24.2 Å². The number of carbonyl (C=O) groups is 2. The minimum absolute atomic E-state index is 0.0255. The van der Waals surface area contributed by atoms with E-state index in [1.807, 2.05) is 6.07 Å². The number of phenols is 1. The van der Waals surface area contributed by atoms with Crippen LogP contribution in [0, 0.1) is 0 Å². The molecule has 1 aliphatic rings. The molecule has 1 atom stereocenters. The molecule has 2 aromatic carbocycles. The second-order valence-electron chi connectivity index (χ2n) is 6.16. The van der Waals surface area contributed by atoms with Gasteiger partial charge in [0.1, 0.15) is 23.4 Å². The molecular formula is C20H20O7. The van der Waals surface area contributed by atoms with Crippen LogP contribution in [0.5, 0.6) is 28.7 Å². The van der Waals surface area contributed by atoms with Crippen LogP contribution in [0.3, 0.4) is 0 Å². The molecule has 0 radical (unpaired) electrons. The van der Waals surface area contributed by atoms with Gasteiger partial charge in [-0.05, 0) is 30.5 Å². The largest absolute Gasteiger partial charge is 0.507 e. The maximum atomic E-state index is 11.3. The van der Waals surface area contributed by atoms with Crippen molar-refractivity contribution in [3.63, 3.8) is 0 Å². The first-order chi connectivity index (χ1) is 12.9. The molecule has 1 heterocycles. The number of aromatic hydroxyl groups is 1. The van der Waals surface area contributed by atoms with Crippen LogP contribution in [0.2, 0.25) is 0 Å². The standard InChI is InChI=1S/C20H20O7/c1-11(21)25-14-9-16(23)15-5-7-17(27-19(15)10-14)13-4-6-18(24-3)20(8-13)26-12(2)22/h4,6,8-10,17,23H,5,7H2,1-3H3. The topological polar surface area (TPSA) is 91.3 Å². The summed E-state index contributed by atoms with van der Waals surface area (Å²) in [5, 5.41) is 10.2. The number of fused-ring (bicyclic) bond motifs is 1. The second kappa shape index (κ2) is 7.57. The van der Waals surface area contributed by atoms with Crippen molar-refractivity contribution in [2.24, 2.45) is 0 Å². The van der Waals surface area contributed by atoms with Gasteiger partial charge in [-0.25, -0.2) is 0 Å². The number of esters is 2. The molecule has 1 unspecified atom stereocenters. The van der Waals surface area contributed by atoms with Crippen molar-refractivity contribution in [2.75, 3.05) is 7.11 Å². The van der Waals surface area contributed by atoms with Crippen molar-refractivity contribution in [3.8, 4) is 28.7 Å². The zero-order valence-corrected chi connectivity index (χ0v) is 15.3. The van der Waals surface area contributed by atoms with E-state index >= 15 is 0 Å². The van der Waals surface area contributed by atoms with Crippen molar-refractivity contribution >= 4 is 11.9 Å². The Morgan fingerprint density at radius 1 is 1.07 bits per heavy atom. The zero-order valence-electron chi connectivity index (χ0n) is 15.3. The smallest absolute Gasteiger partial charge is 0.308 e. The molecule has 2 aromatic rings. The summed E-state index contributed by atoms with van der Waals surface area (Å²) in [5.74, 6) is 0.521. The Kier molecular flexibility index (Phi) is 5.21. The van der Waals surface area contributed by atoms with Crippen molar-refractivity contribution in [2.45, 2.75) is 32.8 Å². The molecule has 3 rings (SSSR count). The maximum Gasteiger partial charge on any atom is 0.308 e. The van der Waals surface area contributed by atoms with Crippen LogP contribution >= 0.6 is 0 Å². The summed E-state index contributed by atoms with van der Waals surface area (Å²) in [6.45, 7) is 2.60. The van der Waals surface area contributed by atoms with Crippen LogP contribution in [0.1, 0.15) is 37.5 Å². The third-order valence-corrected chi connectivity index (χ3v) is 4.16. The van der Waals surface area contributed by atoms with E-state index in [-0.39, 0.29) is 17.6 Å². The lowest BCUT2D eigenvalue weighted by molar-refractivity contribution is -0.132. The van der Waals surface area contributed by atoms with E-state index in [0.29, 0.717) is 35.7 Å². The Hall–Kier alpha value is -3.22. The number of hydrogen-bond donors (Lipinski definition) is 1. The summed E-state index contributed by atoms with van der Waals surface area (Å²) in [6.07, 6.45) is 0.894. The van der Waals surface area contributed by atoms with Gasteiger partial charge in [0.25, 0.3) is 0 Å². The quantitative estimate of drug-likeness (QED) is 0.650. The molecule has 0 amide bonds. The van der Waals surface area contributed by atoms with Crippen LogP contribution in [0.4, 0.5) is 0 Å². The van der Waals surface area contributed by atoms with Gasteiger partial charge in [0.2, 0.25) is 0 Å². The van der Waals surface area contributed by atoms with Gasteiger partial charge in [-0.3, -0.25) is 9.59 Å². The molecule has 0 bridgehead atoms. The molecule has 0 aliphatic carbocycles. The first-order valence-electron chi connectivity index (χ1n) is 8.44. The van der Waals surface area contributed by atoms with Gasteiger partial charge < -0.3 is 24.1 Å². The maximum absolute atomic E-state index is 11.3. The van der Waals surface area contributed by atoms with Gasteiger partial charge in [-0.1, -0.05) is 6.07 Å². The van der Waals surface area contributed by atoms with Crippen molar-refractivity contribution in [1.29, 1.82) is 0 Å². The minimum Gasteiger partial charge on any atom is -0.507 e. The fourth-order valence-corrected chi connectivity index (χ4v) is 3.04. The Morgan fingerprint density at radius 3 is 2.48 bits per heavy atom. The fourth-order valence-electron chi connectivity index (χ4n) is 3.04. The molecule has 142 valence electrons. The average Bonchev–Trinajstić information content (AvgIpc) is 2.60. The lowest BCUT2D eigenvalue weighted by atomic mass is 9.96. The summed E-state index contributed by atoms with van der Waals surface area (Å²) in [5.41, 5.74) is 1.46. The number of methoxy groups -OCH3 is 1. The number of benzene rings is 2. The van der Waals surface area contributed by atoms with E-state index in [4.69, 9.17) is 18.9 Å². The molecule has 0 spiro atoms. The second-order valence-corrected chi connectivity index (χ2v) is 6.16. The first kappa shape index (κ1) is 18.6. The monoisotopic (exact) mass is 372 g/mol.